The van der Waals surface area contributed by atoms with Crippen molar-refractivity contribution in [3.8, 4) is 0 Å². The van der Waals surface area contributed by atoms with Crippen LogP contribution in [0.2, 0.25) is 0 Å². The van der Waals surface area contributed by atoms with Crippen LogP contribution in [0, 0.1) is 11.8 Å². The Bertz CT molecular complexity index is 297. The van der Waals surface area contributed by atoms with E-state index < -0.39 is 0 Å². The summed E-state index contributed by atoms with van der Waals surface area (Å²) >= 11 is 0. The molecule has 0 aromatic heterocycles. The molecule has 1 rings (SSSR count). The van der Waals surface area contributed by atoms with Crippen LogP contribution in [0.3, 0.4) is 0 Å². The minimum Gasteiger partial charge on any atom is -0.396 e. The highest BCUT2D eigenvalue weighted by atomic mass is 16.3. The van der Waals surface area contributed by atoms with Gasteiger partial charge in [0, 0.05) is 45.8 Å². The lowest BCUT2D eigenvalue weighted by atomic mass is 9.91. The quantitative estimate of drug-likeness (QED) is 0.590. The fraction of sp³-hybridized carbons (Fsp3) is 0.938. The van der Waals surface area contributed by atoms with Crippen LogP contribution in [0.4, 0.5) is 0 Å². The topological polar surface area (TPSA) is 64.6 Å². The smallest absolute Gasteiger partial charge is 0.216 e. The summed E-state index contributed by atoms with van der Waals surface area (Å²) in [7, 11) is 0. The number of hydrogen-bond acceptors (Lipinski definition) is 4. The maximum Gasteiger partial charge on any atom is 0.216 e. The Morgan fingerprint density at radius 2 is 2.10 bits per heavy atom. The van der Waals surface area contributed by atoms with Crippen LogP contribution in [0.5, 0.6) is 0 Å². The zero-order valence-electron chi connectivity index (χ0n) is 13.9. The fourth-order valence-electron chi connectivity index (χ4n) is 2.99. The molecule has 124 valence electrons. The molecule has 1 aliphatic rings. The van der Waals surface area contributed by atoms with Crippen LogP contribution in [0.25, 0.3) is 0 Å². The number of nitrogens with zero attached hydrogens (tertiary/aromatic N) is 1. The molecule has 0 saturated carbocycles. The van der Waals surface area contributed by atoms with E-state index in [0.29, 0.717) is 18.5 Å². The molecule has 1 aliphatic heterocycles. The molecule has 1 fully saturated rings. The molecule has 3 N–H and O–H groups in total. The molecule has 0 aliphatic carbocycles. The summed E-state index contributed by atoms with van der Waals surface area (Å²) in [5.41, 5.74) is 0. The maximum atomic E-state index is 10.9. The highest BCUT2D eigenvalue weighted by molar-refractivity contribution is 5.72. The first-order valence-electron chi connectivity index (χ1n) is 8.32. The molecule has 0 radical (unpaired) electrons. The molecular formula is C16H33N3O2. The Kier molecular flexibility index (Phi) is 8.88. The maximum absolute atomic E-state index is 10.9. The number of hydrogen-bond donors (Lipinski definition) is 3. The van der Waals surface area contributed by atoms with Crippen molar-refractivity contribution in [1.82, 2.24) is 15.5 Å². The lowest BCUT2D eigenvalue weighted by Gasteiger charge is -2.38. The van der Waals surface area contributed by atoms with Gasteiger partial charge in [0.1, 0.15) is 0 Å². The second-order valence-electron chi connectivity index (χ2n) is 6.69. The first-order valence-corrected chi connectivity index (χ1v) is 8.32. The first-order chi connectivity index (χ1) is 10.0. The lowest BCUT2D eigenvalue weighted by molar-refractivity contribution is -0.119. The fourth-order valence-corrected chi connectivity index (χ4v) is 2.99. The number of likely N-dealkylation sites (tertiary alicyclic amines) is 1. The van der Waals surface area contributed by atoms with Gasteiger partial charge in [0.05, 0.1) is 0 Å². The van der Waals surface area contributed by atoms with Crippen molar-refractivity contribution >= 4 is 5.91 Å². The van der Waals surface area contributed by atoms with Crippen molar-refractivity contribution in [2.45, 2.75) is 46.1 Å². The van der Waals surface area contributed by atoms with Crippen molar-refractivity contribution in [3.05, 3.63) is 0 Å². The van der Waals surface area contributed by atoms with Gasteiger partial charge < -0.3 is 15.7 Å². The van der Waals surface area contributed by atoms with E-state index >= 15 is 0 Å². The summed E-state index contributed by atoms with van der Waals surface area (Å²) in [6.45, 7) is 11.1. The molecule has 5 nitrogen and oxygen atoms in total. The van der Waals surface area contributed by atoms with Gasteiger partial charge in [-0.2, -0.15) is 0 Å². The largest absolute Gasteiger partial charge is 0.396 e. The van der Waals surface area contributed by atoms with Gasteiger partial charge in [-0.3, -0.25) is 9.69 Å². The molecule has 0 bridgehead atoms. The number of carbonyl (C=O) groups is 1. The standard InChI is InChI=1S/C16H33N3O2/c1-13(2)4-6-18-16-10-15(5-9-20)11-19(12-16)8-7-17-14(3)21/h13,15-16,18,20H,4-12H2,1-3H3,(H,17,21). The third kappa shape index (κ3) is 8.39. The predicted molar refractivity (Wildman–Crippen MR) is 86.2 cm³/mol. The molecule has 2 atom stereocenters. The number of nitrogens with one attached hydrogen (secondary N) is 2. The molecular weight excluding hydrogens is 266 g/mol. The number of piperidine rings is 1. The zero-order chi connectivity index (χ0) is 15.7. The van der Waals surface area contributed by atoms with Crippen molar-refractivity contribution in [2.75, 3.05) is 39.3 Å². The third-order valence-corrected chi connectivity index (χ3v) is 4.11. The molecule has 2 unspecified atom stereocenters. The van der Waals surface area contributed by atoms with Gasteiger partial charge in [-0.1, -0.05) is 13.8 Å². The normalized spacial score (nSPS) is 23.5. The zero-order valence-corrected chi connectivity index (χ0v) is 13.9. The van der Waals surface area contributed by atoms with Gasteiger partial charge in [0.15, 0.2) is 0 Å². The number of rotatable bonds is 9. The van der Waals surface area contributed by atoms with Crippen molar-refractivity contribution in [3.63, 3.8) is 0 Å². The van der Waals surface area contributed by atoms with Gasteiger partial charge in [0.25, 0.3) is 0 Å². The average Bonchev–Trinajstić information content (AvgIpc) is 2.38. The Hall–Kier alpha value is -0.650. The van der Waals surface area contributed by atoms with Gasteiger partial charge >= 0.3 is 0 Å². The van der Waals surface area contributed by atoms with E-state index in [1.54, 1.807) is 6.92 Å². The Balaban J connectivity index is 2.37. The van der Waals surface area contributed by atoms with Crippen molar-refractivity contribution in [1.29, 1.82) is 0 Å². The first kappa shape index (κ1) is 18.4. The van der Waals surface area contributed by atoms with Gasteiger partial charge in [-0.25, -0.2) is 0 Å². The lowest BCUT2D eigenvalue weighted by Crippen LogP contribution is -2.51. The Morgan fingerprint density at radius 3 is 2.71 bits per heavy atom. The summed E-state index contributed by atoms with van der Waals surface area (Å²) < 4.78 is 0. The molecule has 21 heavy (non-hydrogen) atoms. The molecule has 0 aromatic carbocycles. The van der Waals surface area contributed by atoms with Crippen molar-refractivity contribution < 1.29 is 9.90 Å². The van der Waals surface area contributed by atoms with Crippen molar-refractivity contribution in [2.24, 2.45) is 11.8 Å². The SMILES string of the molecule is CC(=O)NCCN1CC(CCO)CC(NCCC(C)C)C1. The second kappa shape index (κ2) is 10.1. The van der Waals surface area contributed by atoms with Gasteiger partial charge in [-0.05, 0) is 37.6 Å². The summed E-state index contributed by atoms with van der Waals surface area (Å²) in [4.78, 5) is 13.4. The van der Waals surface area contributed by atoms with E-state index in [1.807, 2.05) is 0 Å². The summed E-state index contributed by atoms with van der Waals surface area (Å²) in [5, 5.41) is 15.7. The number of aliphatic hydroxyl groups excluding tert-OH is 1. The van der Waals surface area contributed by atoms with E-state index in [0.717, 1.165) is 44.9 Å². The van der Waals surface area contributed by atoms with Crippen LogP contribution in [0.15, 0.2) is 0 Å². The summed E-state index contributed by atoms with van der Waals surface area (Å²) in [6.07, 6.45) is 3.22. The Labute approximate surface area is 129 Å². The van der Waals surface area contributed by atoms with Gasteiger partial charge in [0.2, 0.25) is 5.91 Å². The molecule has 0 aromatic rings. The molecule has 5 heteroatoms. The molecule has 0 spiro atoms. The number of aliphatic hydroxyl groups is 1. The van der Waals surface area contributed by atoms with Crippen LogP contribution < -0.4 is 10.6 Å². The van der Waals surface area contributed by atoms with E-state index in [2.05, 4.69) is 29.4 Å². The molecule has 1 saturated heterocycles. The van der Waals surface area contributed by atoms with Crippen LogP contribution in [-0.4, -0.2) is 61.3 Å². The van der Waals surface area contributed by atoms with Crippen LogP contribution >= 0.6 is 0 Å². The van der Waals surface area contributed by atoms with E-state index in [1.165, 1.54) is 6.42 Å². The monoisotopic (exact) mass is 299 g/mol. The van der Waals surface area contributed by atoms with E-state index in [-0.39, 0.29) is 12.5 Å². The van der Waals surface area contributed by atoms with Crippen LogP contribution in [0.1, 0.15) is 40.0 Å². The average molecular weight is 299 g/mol. The predicted octanol–water partition coefficient (Wildman–Crippen LogP) is 0.831. The third-order valence-electron chi connectivity index (χ3n) is 4.11. The number of carbonyl (C=O) groups excluding carboxylic acids is 1. The van der Waals surface area contributed by atoms with Gasteiger partial charge in [-0.15, -0.1) is 0 Å². The number of amides is 1. The summed E-state index contributed by atoms with van der Waals surface area (Å²) in [5.74, 6) is 1.31. The Morgan fingerprint density at radius 1 is 1.33 bits per heavy atom. The highest BCUT2D eigenvalue weighted by Crippen LogP contribution is 2.19. The second-order valence-corrected chi connectivity index (χ2v) is 6.69. The minimum absolute atomic E-state index is 0.0329. The van der Waals surface area contributed by atoms with E-state index in [4.69, 9.17) is 0 Å². The molecule has 1 amide bonds. The highest BCUT2D eigenvalue weighted by Gasteiger charge is 2.26. The summed E-state index contributed by atoms with van der Waals surface area (Å²) in [6, 6.07) is 0.506. The van der Waals surface area contributed by atoms with E-state index in [9.17, 15) is 9.90 Å². The van der Waals surface area contributed by atoms with Crippen LogP contribution in [-0.2, 0) is 4.79 Å². The molecule has 1 heterocycles. The minimum atomic E-state index is 0.0329.